The lowest BCUT2D eigenvalue weighted by Gasteiger charge is -2.37. The van der Waals surface area contributed by atoms with E-state index in [1.165, 1.54) is 12.1 Å². The van der Waals surface area contributed by atoms with Crippen molar-refractivity contribution in [2.75, 3.05) is 28.6 Å². The molecule has 182 valence electrons. The number of fused-ring (bicyclic) bond motifs is 1. The number of urea groups is 1. The summed E-state index contributed by atoms with van der Waals surface area (Å²) in [6, 6.07) is 8.16. The summed E-state index contributed by atoms with van der Waals surface area (Å²) in [7, 11) is 0. The number of benzene rings is 1. The molecule has 0 fully saturated rings. The van der Waals surface area contributed by atoms with Crippen molar-refractivity contribution in [1.82, 2.24) is 9.88 Å². The standard InChI is InChI=1S/C25H27ClN6O3/c1-5-31-16(4)19-12-22(28-14-21(19)32(6-2)25(31)35)30-24(34)10-15(3)9-23(33)29-18-8-7-17(13-27)20(26)11-18/h7-8,11-12,14-15H,4-6,9-10H2,1-3H3,(H,29,33)(H,28,30,34). The molecular weight excluding hydrogens is 468 g/mol. The van der Waals surface area contributed by atoms with Crippen LogP contribution in [0.25, 0.3) is 5.70 Å². The maximum Gasteiger partial charge on any atom is 0.329 e. The van der Waals surface area contributed by atoms with Crippen molar-refractivity contribution in [3.8, 4) is 6.07 Å². The predicted molar refractivity (Wildman–Crippen MR) is 136 cm³/mol. The molecule has 0 bridgehead atoms. The van der Waals surface area contributed by atoms with Crippen molar-refractivity contribution in [2.45, 2.75) is 33.6 Å². The minimum atomic E-state index is -0.281. The Hall–Kier alpha value is -3.90. The van der Waals surface area contributed by atoms with E-state index in [-0.39, 0.29) is 41.6 Å². The summed E-state index contributed by atoms with van der Waals surface area (Å²) in [4.78, 5) is 45.1. The number of nitriles is 1. The molecule has 3 rings (SSSR count). The van der Waals surface area contributed by atoms with Crippen LogP contribution in [0.4, 0.5) is 22.0 Å². The van der Waals surface area contributed by atoms with Crippen LogP contribution in [-0.4, -0.2) is 40.8 Å². The fourth-order valence-corrected chi connectivity index (χ4v) is 4.12. The van der Waals surface area contributed by atoms with Gasteiger partial charge in [0.1, 0.15) is 11.9 Å². The van der Waals surface area contributed by atoms with E-state index in [9.17, 15) is 14.4 Å². The molecule has 1 aromatic heterocycles. The number of nitrogens with one attached hydrogen (secondary N) is 2. The molecule has 35 heavy (non-hydrogen) atoms. The monoisotopic (exact) mass is 494 g/mol. The van der Waals surface area contributed by atoms with Crippen LogP contribution in [0.2, 0.25) is 5.02 Å². The van der Waals surface area contributed by atoms with E-state index >= 15 is 0 Å². The maximum absolute atomic E-state index is 12.6. The highest BCUT2D eigenvalue weighted by Gasteiger charge is 2.32. The van der Waals surface area contributed by atoms with Crippen molar-refractivity contribution in [3.05, 3.63) is 53.2 Å². The first kappa shape index (κ1) is 25.7. The average molecular weight is 495 g/mol. The highest BCUT2D eigenvalue weighted by atomic mass is 35.5. The topological polar surface area (TPSA) is 118 Å². The number of hydrogen-bond donors (Lipinski definition) is 2. The largest absolute Gasteiger partial charge is 0.329 e. The van der Waals surface area contributed by atoms with E-state index in [4.69, 9.17) is 16.9 Å². The summed E-state index contributed by atoms with van der Waals surface area (Å²) in [5.74, 6) is -0.435. The second-order valence-corrected chi connectivity index (χ2v) is 8.63. The Bertz CT molecular complexity index is 1220. The molecule has 1 atom stereocenters. The van der Waals surface area contributed by atoms with E-state index in [0.717, 1.165) is 5.56 Å². The molecule has 1 aliphatic rings. The van der Waals surface area contributed by atoms with Crippen LogP contribution in [0, 0.1) is 17.2 Å². The first-order chi connectivity index (χ1) is 16.7. The summed E-state index contributed by atoms with van der Waals surface area (Å²) < 4.78 is 0. The molecule has 0 saturated carbocycles. The summed E-state index contributed by atoms with van der Waals surface area (Å²) >= 11 is 6.00. The van der Waals surface area contributed by atoms with E-state index in [1.807, 2.05) is 19.9 Å². The fourth-order valence-electron chi connectivity index (χ4n) is 3.90. The molecule has 0 aliphatic carbocycles. The minimum Gasteiger partial charge on any atom is -0.326 e. The van der Waals surface area contributed by atoms with E-state index in [2.05, 4.69) is 22.2 Å². The second kappa shape index (κ2) is 11.0. The van der Waals surface area contributed by atoms with Crippen molar-refractivity contribution in [1.29, 1.82) is 5.26 Å². The van der Waals surface area contributed by atoms with Gasteiger partial charge in [-0.05, 0) is 44.0 Å². The summed E-state index contributed by atoms with van der Waals surface area (Å²) in [6.07, 6.45) is 1.80. The van der Waals surface area contributed by atoms with Crippen molar-refractivity contribution in [3.63, 3.8) is 0 Å². The Morgan fingerprint density at radius 2 is 1.80 bits per heavy atom. The van der Waals surface area contributed by atoms with Gasteiger partial charge in [-0.25, -0.2) is 9.78 Å². The van der Waals surface area contributed by atoms with Gasteiger partial charge in [-0.3, -0.25) is 19.4 Å². The molecule has 2 heterocycles. The summed E-state index contributed by atoms with van der Waals surface area (Å²) in [5.41, 5.74) is 2.74. The van der Waals surface area contributed by atoms with Gasteiger partial charge in [0, 0.05) is 42.9 Å². The predicted octanol–water partition coefficient (Wildman–Crippen LogP) is 4.85. The number of nitrogens with zero attached hydrogens (tertiary/aromatic N) is 4. The average Bonchev–Trinajstić information content (AvgIpc) is 2.80. The van der Waals surface area contributed by atoms with Gasteiger partial charge in [0.15, 0.2) is 0 Å². The molecule has 1 unspecified atom stereocenters. The molecular formula is C25H27ClN6O3. The number of carbonyl (C=O) groups is 3. The van der Waals surface area contributed by atoms with Crippen molar-refractivity contribution < 1.29 is 14.4 Å². The van der Waals surface area contributed by atoms with Gasteiger partial charge in [0.25, 0.3) is 0 Å². The van der Waals surface area contributed by atoms with Crippen LogP contribution >= 0.6 is 11.6 Å². The quantitative estimate of drug-likeness (QED) is 0.543. The number of hydrogen-bond acceptors (Lipinski definition) is 5. The number of halogens is 1. The number of rotatable bonds is 8. The van der Waals surface area contributed by atoms with Gasteiger partial charge in [0.05, 0.1) is 22.5 Å². The highest BCUT2D eigenvalue weighted by Crippen LogP contribution is 2.35. The number of amides is 4. The smallest absolute Gasteiger partial charge is 0.326 e. The van der Waals surface area contributed by atoms with Crippen LogP contribution in [0.1, 0.15) is 44.7 Å². The van der Waals surface area contributed by atoms with Gasteiger partial charge in [0.2, 0.25) is 11.8 Å². The number of aromatic nitrogens is 1. The van der Waals surface area contributed by atoms with Crippen LogP contribution in [0.15, 0.2) is 37.0 Å². The lowest BCUT2D eigenvalue weighted by Crippen LogP contribution is -2.46. The SMILES string of the molecule is C=C1c2cc(NC(=O)CC(C)CC(=O)Nc3ccc(C#N)c(Cl)c3)ncc2N(CC)C(=O)N1CC. The van der Waals surface area contributed by atoms with Gasteiger partial charge in [-0.2, -0.15) is 5.26 Å². The Balaban J connectivity index is 1.60. The van der Waals surface area contributed by atoms with Crippen LogP contribution in [-0.2, 0) is 9.59 Å². The van der Waals surface area contributed by atoms with E-state index in [1.54, 1.807) is 35.1 Å². The number of pyridine rings is 1. The van der Waals surface area contributed by atoms with Crippen LogP contribution in [0.5, 0.6) is 0 Å². The maximum atomic E-state index is 12.6. The van der Waals surface area contributed by atoms with Gasteiger partial charge < -0.3 is 10.6 Å². The molecule has 2 N–H and O–H groups in total. The third-order valence-electron chi connectivity index (χ3n) is 5.61. The third-order valence-corrected chi connectivity index (χ3v) is 5.93. The molecule has 1 aromatic carbocycles. The zero-order valence-electron chi connectivity index (χ0n) is 19.9. The lowest BCUT2D eigenvalue weighted by atomic mass is 10.0. The number of anilines is 3. The Labute approximate surface area is 209 Å². The zero-order valence-corrected chi connectivity index (χ0v) is 20.6. The molecule has 9 nitrogen and oxygen atoms in total. The fraction of sp³-hybridized carbons (Fsp3) is 0.320. The Morgan fingerprint density at radius 1 is 1.14 bits per heavy atom. The van der Waals surface area contributed by atoms with Crippen LogP contribution < -0.4 is 15.5 Å². The molecule has 10 heteroatoms. The Kier molecular flexibility index (Phi) is 8.10. The van der Waals surface area contributed by atoms with Gasteiger partial charge >= 0.3 is 6.03 Å². The minimum absolute atomic E-state index is 0.113. The second-order valence-electron chi connectivity index (χ2n) is 8.22. The molecule has 2 aromatic rings. The third kappa shape index (κ3) is 5.78. The molecule has 1 aliphatic heterocycles. The van der Waals surface area contributed by atoms with Crippen LogP contribution in [0.3, 0.4) is 0 Å². The lowest BCUT2D eigenvalue weighted by molar-refractivity contribution is -0.118. The zero-order chi connectivity index (χ0) is 25.7. The molecule has 0 spiro atoms. The van der Waals surface area contributed by atoms with E-state index in [0.29, 0.717) is 41.5 Å². The highest BCUT2D eigenvalue weighted by molar-refractivity contribution is 6.32. The molecule has 0 radical (unpaired) electrons. The van der Waals surface area contributed by atoms with Crippen molar-refractivity contribution >= 4 is 52.3 Å². The number of carbonyl (C=O) groups excluding carboxylic acids is 3. The van der Waals surface area contributed by atoms with Crippen molar-refractivity contribution in [2.24, 2.45) is 5.92 Å². The Morgan fingerprint density at radius 3 is 2.40 bits per heavy atom. The van der Waals surface area contributed by atoms with Gasteiger partial charge in [-0.1, -0.05) is 25.1 Å². The van der Waals surface area contributed by atoms with E-state index < -0.39 is 0 Å². The normalized spacial score (nSPS) is 13.7. The van der Waals surface area contributed by atoms with Gasteiger partial charge in [-0.15, -0.1) is 0 Å². The molecule has 0 saturated heterocycles. The summed E-state index contributed by atoms with van der Waals surface area (Å²) in [6.45, 7) is 10.6. The first-order valence-electron chi connectivity index (χ1n) is 11.3. The summed E-state index contributed by atoms with van der Waals surface area (Å²) in [5, 5.41) is 14.7. The first-order valence-corrected chi connectivity index (χ1v) is 11.6. The molecule has 4 amide bonds.